The molecule has 9 aromatic rings. The van der Waals surface area contributed by atoms with Crippen LogP contribution in [-0.4, -0.2) is 9.97 Å². The van der Waals surface area contributed by atoms with E-state index in [0.29, 0.717) is 5.71 Å². The van der Waals surface area contributed by atoms with Gasteiger partial charge in [-0.1, -0.05) is 66.7 Å². The molecule has 5 aromatic carbocycles. The van der Waals surface area contributed by atoms with Crippen molar-refractivity contribution in [1.82, 2.24) is 9.97 Å². The first-order chi connectivity index (χ1) is 21.3. The summed E-state index contributed by atoms with van der Waals surface area (Å²) in [5.74, 6) is 0.791. The van der Waals surface area contributed by atoms with E-state index in [1.807, 2.05) is 48.5 Å². The summed E-state index contributed by atoms with van der Waals surface area (Å²) in [5, 5.41) is 5.25. The highest BCUT2D eigenvalue weighted by molar-refractivity contribution is 6.08. The third-order valence-corrected chi connectivity index (χ3v) is 8.11. The Morgan fingerprint density at radius 1 is 0.512 bits per heavy atom. The molecule has 0 saturated carbocycles. The summed E-state index contributed by atoms with van der Waals surface area (Å²) < 4.78 is 12.2. The number of anilines is 3. The first-order valence-corrected chi connectivity index (χ1v) is 14.2. The van der Waals surface area contributed by atoms with E-state index in [1.54, 1.807) is 6.20 Å². The molecule has 0 aliphatic rings. The van der Waals surface area contributed by atoms with Gasteiger partial charge in [-0.25, -0.2) is 9.97 Å². The maximum Gasteiger partial charge on any atom is 0.227 e. The number of hydrogen-bond acceptors (Lipinski definition) is 5. The molecule has 0 amide bonds. The number of benzene rings is 5. The van der Waals surface area contributed by atoms with Crippen molar-refractivity contribution < 1.29 is 8.83 Å². The lowest BCUT2D eigenvalue weighted by Crippen LogP contribution is -2.12. The molecule has 5 heteroatoms. The van der Waals surface area contributed by atoms with Crippen LogP contribution in [0.25, 0.3) is 66.0 Å². The van der Waals surface area contributed by atoms with Gasteiger partial charge in [0.2, 0.25) is 5.71 Å². The smallest absolute Gasteiger partial charge is 0.227 e. The molecule has 4 aromatic heterocycles. The zero-order valence-electron chi connectivity index (χ0n) is 22.9. The molecule has 0 fully saturated rings. The molecule has 9 rings (SSSR count). The highest BCUT2D eigenvalue weighted by atomic mass is 16.3. The lowest BCUT2D eigenvalue weighted by atomic mass is 9.98. The summed E-state index contributed by atoms with van der Waals surface area (Å²) in [6, 6.07) is 45.9. The summed E-state index contributed by atoms with van der Waals surface area (Å²) in [4.78, 5) is 11.9. The van der Waals surface area contributed by atoms with Gasteiger partial charge in [-0.2, -0.15) is 0 Å². The number of furan rings is 2. The molecule has 4 heterocycles. The summed E-state index contributed by atoms with van der Waals surface area (Å²) in [5.41, 5.74) is 8.12. The third kappa shape index (κ3) is 3.79. The Morgan fingerprint density at radius 2 is 1.28 bits per heavy atom. The molecule has 43 heavy (non-hydrogen) atoms. The highest BCUT2D eigenvalue weighted by Gasteiger charge is 2.21. The van der Waals surface area contributed by atoms with Crippen LogP contribution < -0.4 is 4.90 Å². The van der Waals surface area contributed by atoms with E-state index in [2.05, 4.69) is 94.8 Å². The van der Waals surface area contributed by atoms with E-state index in [4.69, 9.17) is 13.8 Å². The van der Waals surface area contributed by atoms with E-state index in [-0.39, 0.29) is 0 Å². The number of para-hydroxylation sites is 1. The van der Waals surface area contributed by atoms with Crippen molar-refractivity contribution in [3.8, 4) is 11.1 Å². The molecule has 0 atom stereocenters. The quantitative estimate of drug-likeness (QED) is 0.217. The highest BCUT2D eigenvalue weighted by Crippen LogP contribution is 2.43. The van der Waals surface area contributed by atoms with Crippen LogP contribution in [0.5, 0.6) is 0 Å². The molecule has 0 spiro atoms. The average Bonchev–Trinajstić information content (AvgIpc) is 3.63. The lowest BCUT2D eigenvalue weighted by molar-refractivity contribution is 0.654. The van der Waals surface area contributed by atoms with Gasteiger partial charge in [-0.05, 0) is 83.2 Å². The molecule has 0 aliphatic carbocycles. The maximum absolute atomic E-state index is 6.14. The van der Waals surface area contributed by atoms with Crippen LogP contribution in [0, 0.1) is 0 Å². The molecular weight excluding hydrogens is 530 g/mol. The van der Waals surface area contributed by atoms with Gasteiger partial charge in [0.05, 0.1) is 5.69 Å². The Balaban J connectivity index is 1.36. The van der Waals surface area contributed by atoms with E-state index in [0.717, 1.165) is 77.5 Å². The van der Waals surface area contributed by atoms with Crippen LogP contribution in [0.4, 0.5) is 17.2 Å². The number of pyridine rings is 2. The van der Waals surface area contributed by atoms with Gasteiger partial charge in [-0.3, -0.25) is 4.90 Å². The Bertz CT molecular complexity index is 2360. The summed E-state index contributed by atoms with van der Waals surface area (Å²) in [6.45, 7) is 0. The Morgan fingerprint density at radius 3 is 2.21 bits per heavy atom. The van der Waals surface area contributed by atoms with E-state index in [9.17, 15) is 0 Å². The van der Waals surface area contributed by atoms with E-state index < -0.39 is 0 Å². The minimum absolute atomic E-state index is 0.627. The molecule has 0 saturated heterocycles. The molecule has 0 bridgehead atoms. The molecule has 0 N–H and O–H groups in total. The second-order valence-corrected chi connectivity index (χ2v) is 10.7. The van der Waals surface area contributed by atoms with Crippen molar-refractivity contribution in [2.24, 2.45) is 0 Å². The third-order valence-electron chi connectivity index (χ3n) is 8.11. The topological polar surface area (TPSA) is 55.3 Å². The normalized spacial score (nSPS) is 11.7. The SMILES string of the molecule is c1ccc(-c2cc(N(c3ccc4oc5ncccc5c4c3)c3ccc4oc5ccccc5c4n3)c3ccccc3c2)cc1. The lowest BCUT2D eigenvalue weighted by Gasteiger charge is -2.26. The standard InChI is InChI=1S/C38H23N3O2/c1-2-9-24(10-3-1)26-21-25-11-4-5-12-28(25)32(22-26)41(27-16-17-34-31(23-27)29-14-8-20-39-38(29)43-34)36-19-18-35-37(40-36)30-13-6-7-15-33(30)42-35/h1-23H. The monoisotopic (exact) mass is 553 g/mol. The van der Waals surface area contributed by atoms with Gasteiger partial charge in [0, 0.05) is 33.4 Å². The largest absolute Gasteiger partial charge is 0.454 e. The molecule has 0 unspecified atom stereocenters. The first-order valence-electron chi connectivity index (χ1n) is 14.2. The van der Waals surface area contributed by atoms with Crippen LogP contribution in [0.3, 0.4) is 0 Å². The Hall–Kier alpha value is -5.94. The number of fused-ring (bicyclic) bond motifs is 7. The Kier molecular flexibility index (Phi) is 5.13. The fourth-order valence-corrected chi connectivity index (χ4v) is 6.11. The van der Waals surface area contributed by atoms with Crippen molar-refractivity contribution >= 4 is 72.1 Å². The summed E-state index contributed by atoms with van der Waals surface area (Å²) in [7, 11) is 0. The summed E-state index contributed by atoms with van der Waals surface area (Å²) >= 11 is 0. The number of hydrogen-bond donors (Lipinski definition) is 0. The number of nitrogens with zero attached hydrogens (tertiary/aromatic N) is 3. The summed E-state index contributed by atoms with van der Waals surface area (Å²) in [6.07, 6.45) is 1.76. The van der Waals surface area contributed by atoms with Gasteiger partial charge in [-0.15, -0.1) is 0 Å². The fourth-order valence-electron chi connectivity index (χ4n) is 6.11. The van der Waals surface area contributed by atoms with Crippen molar-refractivity contribution in [1.29, 1.82) is 0 Å². The van der Waals surface area contributed by atoms with Crippen LogP contribution in [0.1, 0.15) is 0 Å². The Labute approximate surface area is 246 Å². The molecule has 202 valence electrons. The van der Waals surface area contributed by atoms with Gasteiger partial charge in [0.15, 0.2) is 5.58 Å². The second kappa shape index (κ2) is 9.29. The fraction of sp³-hybridized carbons (Fsp3) is 0. The predicted octanol–water partition coefficient (Wildman–Crippen LogP) is 10.6. The van der Waals surface area contributed by atoms with Crippen LogP contribution in [0.2, 0.25) is 0 Å². The van der Waals surface area contributed by atoms with E-state index in [1.165, 1.54) is 0 Å². The van der Waals surface area contributed by atoms with Gasteiger partial charge < -0.3 is 8.83 Å². The average molecular weight is 554 g/mol. The van der Waals surface area contributed by atoms with Crippen molar-refractivity contribution in [3.05, 3.63) is 140 Å². The van der Waals surface area contributed by atoms with Gasteiger partial charge >= 0.3 is 0 Å². The maximum atomic E-state index is 6.14. The van der Waals surface area contributed by atoms with Crippen LogP contribution in [-0.2, 0) is 0 Å². The second-order valence-electron chi connectivity index (χ2n) is 10.7. The van der Waals surface area contributed by atoms with Crippen molar-refractivity contribution in [3.63, 3.8) is 0 Å². The molecule has 5 nitrogen and oxygen atoms in total. The first kappa shape index (κ1) is 23.7. The zero-order valence-corrected chi connectivity index (χ0v) is 22.9. The minimum atomic E-state index is 0.627. The van der Waals surface area contributed by atoms with Crippen molar-refractivity contribution in [2.75, 3.05) is 4.90 Å². The van der Waals surface area contributed by atoms with E-state index >= 15 is 0 Å². The minimum Gasteiger partial charge on any atom is -0.454 e. The predicted molar refractivity (Wildman–Crippen MR) is 174 cm³/mol. The van der Waals surface area contributed by atoms with Gasteiger partial charge in [0.25, 0.3) is 0 Å². The molecule has 0 radical (unpaired) electrons. The van der Waals surface area contributed by atoms with Gasteiger partial charge in [0.1, 0.15) is 22.5 Å². The van der Waals surface area contributed by atoms with Crippen LogP contribution >= 0.6 is 0 Å². The molecule has 0 aliphatic heterocycles. The van der Waals surface area contributed by atoms with Crippen LogP contribution in [0.15, 0.2) is 148 Å². The molecular formula is C38H23N3O2. The zero-order chi connectivity index (χ0) is 28.3. The number of rotatable bonds is 4. The van der Waals surface area contributed by atoms with Crippen molar-refractivity contribution in [2.45, 2.75) is 0 Å². The number of aromatic nitrogens is 2.